The first kappa shape index (κ1) is 15.4. The van der Waals surface area contributed by atoms with Crippen molar-refractivity contribution in [3.63, 3.8) is 0 Å². The predicted molar refractivity (Wildman–Crippen MR) is 76.7 cm³/mol. The lowest BCUT2D eigenvalue weighted by atomic mass is 10.1. The van der Waals surface area contributed by atoms with Crippen LogP contribution in [0.5, 0.6) is 5.88 Å². The fraction of sp³-hybridized carbons (Fsp3) is 0.500. The summed E-state index contributed by atoms with van der Waals surface area (Å²) in [4.78, 5) is 8.43. The van der Waals surface area contributed by atoms with E-state index in [0.717, 1.165) is 0 Å². The van der Waals surface area contributed by atoms with Crippen LogP contribution in [0.15, 0.2) is 22.9 Å². The molecular weight excluding hydrogens is 272 g/mol. The number of rotatable bonds is 6. The zero-order chi connectivity index (χ0) is 15.5. The van der Waals surface area contributed by atoms with E-state index < -0.39 is 5.54 Å². The van der Waals surface area contributed by atoms with Crippen LogP contribution < -0.4 is 10.5 Å². The van der Waals surface area contributed by atoms with Gasteiger partial charge in [0.1, 0.15) is 11.1 Å². The molecule has 1 unspecified atom stereocenters. The molecule has 0 aliphatic heterocycles. The average molecular weight is 292 g/mol. The van der Waals surface area contributed by atoms with Gasteiger partial charge in [0.2, 0.25) is 5.88 Å². The second kappa shape index (κ2) is 6.19. The van der Waals surface area contributed by atoms with E-state index in [9.17, 15) is 0 Å². The molecule has 2 aromatic heterocycles. The third-order valence-corrected chi connectivity index (χ3v) is 2.85. The number of pyridine rings is 1. The summed E-state index contributed by atoms with van der Waals surface area (Å²) < 4.78 is 16.0. The number of hydrogen-bond acceptors (Lipinski definition) is 7. The smallest absolute Gasteiger partial charge is 0.263 e. The van der Waals surface area contributed by atoms with Gasteiger partial charge in [-0.15, -0.1) is 0 Å². The van der Waals surface area contributed by atoms with E-state index in [4.69, 9.17) is 19.7 Å². The van der Waals surface area contributed by atoms with Gasteiger partial charge in [-0.25, -0.2) is 4.98 Å². The summed E-state index contributed by atoms with van der Waals surface area (Å²) in [5, 5.41) is 3.94. The molecular formula is C14H20N4O3. The summed E-state index contributed by atoms with van der Waals surface area (Å²) in [5.74, 6) is 1.12. The highest BCUT2D eigenvalue weighted by Gasteiger charge is 2.29. The van der Waals surface area contributed by atoms with Crippen molar-refractivity contribution >= 4 is 0 Å². The Morgan fingerprint density at radius 2 is 2.19 bits per heavy atom. The van der Waals surface area contributed by atoms with Crippen molar-refractivity contribution in [2.75, 3.05) is 13.7 Å². The highest BCUT2D eigenvalue weighted by molar-refractivity contribution is 5.59. The van der Waals surface area contributed by atoms with Crippen LogP contribution in [-0.4, -0.2) is 34.9 Å². The lowest BCUT2D eigenvalue weighted by molar-refractivity contribution is 0.0410. The van der Waals surface area contributed by atoms with Crippen molar-refractivity contribution in [3.05, 3.63) is 24.2 Å². The molecule has 114 valence electrons. The lowest BCUT2D eigenvalue weighted by Gasteiger charge is -2.21. The van der Waals surface area contributed by atoms with E-state index in [0.29, 0.717) is 29.8 Å². The van der Waals surface area contributed by atoms with Gasteiger partial charge in [-0.2, -0.15) is 4.98 Å². The van der Waals surface area contributed by atoms with Gasteiger partial charge in [0.05, 0.1) is 19.8 Å². The Balaban J connectivity index is 2.25. The first-order valence-electron chi connectivity index (χ1n) is 6.68. The number of nitrogens with zero attached hydrogens (tertiary/aromatic N) is 3. The van der Waals surface area contributed by atoms with Crippen LogP contribution in [0.2, 0.25) is 0 Å². The van der Waals surface area contributed by atoms with Crippen LogP contribution in [0.3, 0.4) is 0 Å². The molecule has 0 fully saturated rings. The zero-order valence-electron chi connectivity index (χ0n) is 12.7. The molecule has 2 heterocycles. The maximum atomic E-state index is 6.19. The largest absolute Gasteiger partial charge is 0.480 e. The van der Waals surface area contributed by atoms with Crippen LogP contribution in [0.1, 0.15) is 26.6 Å². The first-order chi connectivity index (χ1) is 9.94. The first-order valence-corrected chi connectivity index (χ1v) is 6.68. The molecule has 0 spiro atoms. The zero-order valence-corrected chi connectivity index (χ0v) is 12.7. The summed E-state index contributed by atoms with van der Waals surface area (Å²) in [5.41, 5.74) is 5.98. The molecule has 0 amide bonds. The second-order valence-electron chi connectivity index (χ2n) is 5.26. The van der Waals surface area contributed by atoms with E-state index in [1.54, 1.807) is 25.3 Å². The molecule has 21 heavy (non-hydrogen) atoms. The fourth-order valence-electron chi connectivity index (χ4n) is 1.69. The molecule has 0 saturated carbocycles. The monoisotopic (exact) mass is 292 g/mol. The van der Waals surface area contributed by atoms with Crippen molar-refractivity contribution in [1.82, 2.24) is 15.1 Å². The molecule has 0 bridgehead atoms. The van der Waals surface area contributed by atoms with Gasteiger partial charge >= 0.3 is 0 Å². The normalized spacial score (nSPS) is 14.2. The van der Waals surface area contributed by atoms with E-state index in [-0.39, 0.29) is 6.10 Å². The fourth-order valence-corrected chi connectivity index (χ4v) is 1.69. The highest BCUT2D eigenvalue weighted by atomic mass is 16.5. The highest BCUT2D eigenvalue weighted by Crippen LogP contribution is 2.27. The van der Waals surface area contributed by atoms with Crippen LogP contribution in [0.25, 0.3) is 11.5 Å². The predicted octanol–water partition coefficient (Wildman–Crippen LogP) is 1.74. The summed E-state index contributed by atoms with van der Waals surface area (Å²) in [6.45, 7) is 5.98. The van der Waals surface area contributed by atoms with E-state index >= 15 is 0 Å². The van der Waals surface area contributed by atoms with Gasteiger partial charge in [-0.3, -0.25) is 0 Å². The number of ether oxygens (including phenoxy) is 2. The molecule has 0 saturated heterocycles. The molecule has 0 aliphatic rings. The Labute approximate surface area is 123 Å². The molecule has 2 rings (SSSR count). The molecule has 2 N–H and O–H groups in total. The molecule has 7 heteroatoms. The van der Waals surface area contributed by atoms with Crippen molar-refractivity contribution in [2.45, 2.75) is 32.4 Å². The minimum Gasteiger partial charge on any atom is -0.480 e. The summed E-state index contributed by atoms with van der Waals surface area (Å²) in [7, 11) is 1.53. The van der Waals surface area contributed by atoms with Gasteiger partial charge in [0.15, 0.2) is 5.82 Å². The van der Waals surface area contributed by atoms with Crippen LogP contribution in [-0.2, 0) is 10.3 Å². The maximum Gasteiger partial charge on any atom is 0.263 e. The Hall–Kier alpha value is -1.99. The van der Waals surface area contributed by atoms with Crippen LogP contribution in [0.4, 0.5) is 0 Å². The molecule has 2 aromatic rings. The van der Waals surface area contributed by atoms with Gasteiger partial charge < -0.3 is 19.7 Å². The Morgan fingerprint density at radius 3 is 2.86 bits per heavy atom. The van der Waals surface area contributed by atoms with Crippen molar-refractivity contribution in [2.24, 2.45) is 5.73 Å². The van der Waals surface area contributed by atoms with E-state index in [1.165, 1.54) is 7.11 Å². The summed E-state index contributed by atoms with van der Waals surface area (Å²) in [6, 6.07) is 3.56. The Kier molecular flexibility index (Phi) is 4.54. The van der Waals surface area contributed by atoms with E-state index in [2.05, 4.69) is 15.1 Å². The minimum atomic E-state index is -0.832. The summed E-state index contributed by atoms with van der Waals surface area (Å²) in [6.07, 6.45) is 1.71. The van der Waals surface area contributed by atoms with Crippen molar-refractivity contribution in [3.8, 4) is 17.3 Å². The number of aromatic nitrogens is 3. The third kappa shape index (κ3) is 3.56. The van der Waals surface area contributed by atoms with Crippen molar-refractivity contribution < 1.29 is 14.0 Å². The average Bonchev–Trinajstić information content (AvgIpc) is 2.95. The second-order valence-corrected chi connectivity index (χ2v) is 5.26. The quantitative estimate of drug-likeness (QED) is 0.866. The topological polar surface area (TPSA) is 96.3 Å². The maximum absolute atomic E-state index is 6.19. The van der Waals surface area contributed by atoms with Gasteiger partial charge in [0.25, 0.3) is 5.89 Å². The Morgan fingerprint density at radius 1 is 1.43 bits per heavy atom. The van der Waals surface area contributed by atoms with Gasteiger partial charge in [-0.05, 0) is 32.9 Å². The summed E-state index contributed by atoms with van der Waals surface area (Å²) >= 11 is 0. The lowest BCUT2D eigenvalue weighted by Crippen LogP contribution is -2.40. The molecule has 7 nitrogen and oxygen atoms in total. The van der Waals surface area contributed by atoms with Crippen molar-refractivity contribution in [1.29, 1.82) is 0 Å². The van der Waals surface area contributed by atoms with Gasteiger partial charge in [-0.1, -0.05) is 5.16 Å². The third-order valence-electron chi connectivity index (χ3n) is 2.85. The molecule has 0 aromatic carbocycles. The number of nitrogens with two attached hydrogens (primary N) is 1. The van der Waals surface area contributed by atoms with Gasteiger partial charge in [0, 0.05) is 6.20 Å². The van der Waals surface area contributed by atoms with Crippen LogP contribution >= 0.6 is 0 Å². The molecule has 1 atom stereocenters. The number of hydrogen-bond donors (Lipinski definition) is 1. The van der Waals surface area contributed by atoms with E-state index in [1.807, 2.05) is 13.8 Å². The molecule has 0 aliphatic carbocycles. The Bertz CT molecular complexity index is 595. The number of methoxy groups -OCH3 is 1. The SMILES string of the molecule is COc1ncccc1-c1nc(C(C)(N)COC(C)C)no1. The minimum absolute atomic E-state index is 0.0812. The van der Waals surface area contributed by atoms with Crippen LogP contribution in [0, 0.1) is 0 Å². The molecule has 0 radical (unpaired) electrons. The standard InChI is InChI=1S/C14H20N4O3/c1-9(2)20-8-14(3,15)13-17-12(21-18-13)10-6-5-7-16-11(10)19-4/h5-7,9H,8,15H2,1-4H3.